The highest BCUT2D eigenvalue weighted by Crippen LogP contribution is 2.40. The molecule has 10 heteroatoms. The molecule has 27 heavy (non-hydrogen) atoms. The van der Waals surface area contributed by atoms with Crippen LogP contribution in [0.4, 0.5) is 5.69 Å². The van der Waals surface area contributed by atoms with E-state index in [1.165, 1.54) is 38.5 Å². The Morgan fingerprint density at radius 3 is 2.26 bits per heavy atom. The maximum Gasteiger partial charge on any atom is 0.263 e. The van der Waals surface area contributed by atoms with Gasteiger partial charge in [-0.05, 0) is 22.0 Å². The highest BCUT2D eigenvalue weighted by molar-refractivity contribution is 9.10. The van der Waals surface area contributed by atoms with E-state index < -0.39 is 10.0 Å². The van der Waals surface area contributed by atoms with E-state index in [1.807, 2.05) is 0 Å². The summed E-state index contributed by atoms with van der Waals surface area (Å²) in [4.78, 5) is -0.0247. The number of sulfonamides is 1. The monoisotopic (exact) mass is 477 g/mol. The predicted octanol–water partition coefficient (Wildman–Crippen LogP) is 4.08. The van der Waals surface area contributed by atoms with Crippen LogP contribution in [0.3, 0.4) is 0 Å². The van der Waals surface area contributed by atoms with Crippen molar-refractivity contribution >= 4 is 43.2 Å². The standard InChI is InChI=1S/C17H17BrClNO6S/c1-23-13-6-10(18)17(9-14(13)24-2)27(21,22)20-12-8-16-15(7-11(12)19)25-4-3-5-26-16/h6-9,20H,3-5H2,1-2H3. The molecule has 0 amide bonds. The third-order valence-electron chi connectivity index (χ3n) is 3.81. The number of ether oxygens (including phenoxy) is 4. The third kappa shape index (κ3) is 4.20. The molecule has 1 N–H and O–H groups in total. The molecule has 0 unspecified atom stereocenters. The van der Waals surface area contributed by atoms with Crippen molar-refractivity contribution in [1.29, 1.82) is 0 Å². The molecule has 0 aliphatic carbocycles. The number of anilines is 1. The summed E-state index contributed by atoms with van der Waals surface area (Å²) in [5.41, 5.74) is 0.183. The number of fused-ring (bicyclic) bond motifs is 1. The lowest BCUT2D eigenvalue weighted by molar-refractivity contribution is 0.297. The predicted molar refractivity (Wildman–Crippen MR) is 105 cm³/mol. The van der Waals surface area contributed by atoms with Crippen molar-refractivity contribution in [2.24, 2.45) is 0 Å². The highest BCUT2D eigenvalue weighted by atomic mass is 79.9. The normalized spacial score (nSPS) is 13.6. The number of methoxy groups -OCH3 is 2. The number of rotatable bonds is 5. The number of nitrogens with one attached hydrogen (secondary N) is 1. The Balaban J connectivity index is 1.99. The zero-order valence-electron chi connectivity index (χ0n) is 14.5. The Morgan fingerprint density at radius 1 is 1.04 bits per heavy atom. The summed E-state index contributed by atoms with van der Waals surface area (Å²) in [5, 5.41) is 0.194. The topological polar surface area (TPSA) is 83.1 Å². The van der Waals surface area contributed by atoms with Crippen molar-refractivity contribution in [3.8, 4) is 23.0 Å². The van der Waals surface area contributed by atoms with Gasteiger partial charge in [-0.25, -0.2) is 8.42 Å². The molecule has 0 fully saturated rings. The van der Waals surface area contributed by atoms with Gasteiger partial charge in [0, 0.05) is 29.1 Å². The number of hydrogen-bond donors (Lipinski definition) is 1. The minimum absolute atomic E-state index is 0.0247. The molecule has 146 valence electrons. The molecule has 0 spiro atoms. The van der Waals surface area contributed by atoms with E-state index in [1.54, 1.807) is 0 Å². The second-order valence-corrected chi connectivity index (χ2v) is 8.48. The van der Waals surface area contributed by atoms with Crippen LogP contribution >= 0.6 is 27.5 Å². The molecule has 0 aromatic heterocycles. The number of benzene rings is 2. The van der Waals surface area contributed by atoms with Crippen molar-refractivity contribution < 1.29 is 27.4 Å². The Hall–Kier alpha value is -1.84. The van der Waals surface area contributed by atoms with Crippen molar-refractivity contribution in [2.45, 2.75) is 11.3 Å². The summed E-state index contributed by atoms with van der Waals surface area (Å²) in [6, 6.07) is 5.92. The minimum atomic E-state index is -3.97. The average molecular weight is 479 g/mol. The SMILES string of the molecule is COc1cc(Br)c(S(=O)(=O)Nc2cc3c(cc2Cl)OCCCO3)cc1OC. The molecule has 0 saturated heterocycles. The second-order valence-electron chi connectivity index (χ2n) is 5.57. The molecule has 0 saturated carbocycles. The van der Waals surface area contributed by atoms with Gasteiger partial charge in [0.2, 0.25) is 0 Å². The fourth-order valence-electron chi connectivity index (χ4n) is 2.50. The Labute approximate surface area is 170 Å². The first-order valence-electron chi connectivity index (χ1n) is 7.89. The van der Waals surface area contributed by atoms with Crippen LogP contribution in [-0.4, -0.2) is 35.9 Å². The van der Waals surface area contributed by atoms with Crippen molar-refractivity contribution in [3.05, 3.63) is 33.8 Å². The Morgan fingerprint density at radius 2 is 1.63 bits per heavy atom. The molecule has 7 nitrogen and oxygen atoms in total. The van der Waals surface area contributed by atoms with Crippen LogP contribution in [0.5, 0.6) is 23.0 Å². The van der Waals surface area contributed by atoms with Crippen LogP contribution in [0.1, 0.15) is 6.42 Å². The molecule has 2 aromatic rings. The highest BCUT2D eigenvalue weighted by Gasteiger charge is 2.24. The van der Waals surface area contributed by atoms with Gasteiger partial charge in [-0.15, -0.1) is 0 Å². The molecule has 0 radical (unpaired) electrons. The Kier molecular flexibility index (Phi) is 5.92. The lowest BCUT2D eigenvalue weighted by Crippen LogP contribution is -2.14. The maximum absolute atomic E-state index is 12.9. The summed E-state index contributed by atoms with van der Waals surface area (Å²) < 4.78 is 50.1. The number of hydrogen-bond acceptors (Lipinski definition) is 6. The van der Waals surface area contributed by atoms with E-state index in [9.17, 15) is 8.42 Å². The van der Waals surface area contributed by atoms with Gasteiger partial charge in [-0.2, -0.15) is 0 Å². The summed E-state index contributed by atoms with van der Waals surface area (Å²) in [7, 11) is -1.08. The van der Waals surface area contributed by atoms with Gasteiger partial charge >= 0.3 is 0 Å². The molecule has 1 heterocycles. The smallest absolute Gasteiger partial charge is 0.263 e. The van der Waals surface area contributed by atoms with Gasteiger partial charge in [0.1, 0.15) is 4.90 Å². The maximum atomic E-state index is 12.9. The van der Waals surface area contributed by atoms with Crippen LogP contribution in [0.2, 0.25) is 5.02 Å². The van der Waals surface area contributed by atoms with Crippen molar-refractivity contribution in [1.82, 2.24) is 0 Å². The van der Waals surface area contributed by atoms with Crippen LogP contribution in [0.25, 0.3) is 0 Å². The molecule has 1 aliphatic heterocycles. The van der Waals surface area contributed by atoms with Crippen LogP contribution in [0, 0.1) is 0 Å². The molecule has 0 atom stereocenters. The van der Waals surface area contributed by atoms with Gasteiger partial charge in [-0.1, -0.05) is 11.6 Å². The van der Waals surface area contributed by atoms with E-state index in [2.05, 4.69) is 20.7 Å². The van der Waals surface area contributed by atoms with E-state index in [-0.39, 0.29) is 21.4 Å². The van der Waals surface area contributed by atoms with Gasteiger partial charge < -0.3 is 18.9 Å². The first-order chi connectivity index (χ1) is 12.9. The van der Waals surface area contributed by atoms with Crippen molar-refractivity contribution in [2.75, 3.05) is 32.2 Å². The lowest BCUT2D eigenvalue weighted by Gasteiger charge is -2.15. The van der Waals surface area contributed by atoms with Gasteiger partial charge in [0.05, 0.1) is 38.1 Å². The molecule has 0 bridgehead atoms. The van der Waals surface area contributed by atoms with Gasteiger partial charge in [0.15, 0.2) is 23.0 Å². The molecular weight excluding hydrogens is 462 g/mol. The third-order valence-corrected chi connectivity index (χ3v) is 6.45. The molecule has 3 rings (SSSR count). The number of halogens is 2. The fraction of sp³-hybridized carbons (Fsp3) is 0.294. The fourth-order valence-corrected chi connectivity index (χ4v) is 4.87. The van der Waals surface area contributed by atoms with E-state index in [4.69, 9.17) is 30.5 Å². The summed E-state index contributed by atoms with van der Waals surface area (Å²) in [5.74, 6) is 1.59. The van der Waals surface area contributed by atoms with E-state index >= 15 is 0 Å². The quantitative estimate of drug-likeness (QED) is 0.697. The summed E-state index contributed by atoms with van der Waals surface area (Å²) >= 11 is 9.49. The zero-order chi connectivity index (χ0) is 19.6. The van der Waals surface area contributed by atoms with Crippen LogP contribution < -0.4 is 23.7 Å². The molecule has 1 aliphatic rings. The summed E-state index contributed by atoms with van der Waals surface area (Å²) in [6.07, 6.45) is 0.728. The summed E-state index contributed by atoms with van der Waals surface area (Å²) in [6.45, 7) is 0.981. The molecular formula is C17H17BrClNO6S. The van der Waals surface area contributed by atoms with E-state index in [0.717, 1.165) is 6.42 Å². The van der Waals surface area contributed by atoms with E-state index in [0.29, 0.717) is 34.9 Å². The average Bonchev–Trinajstić information content (AvgIpc) is 2.86. The van der Waals surface area contributed by atoms with Crippen LogP contribution in [0.15, 0.2) is 33.6 Å². The first-order valence-corrected chi connectivity index (χ1v) is 10.5. The van der Waals surface area contributed by atoms with Crippen molar-refractivity contribution in [3.63, 3.8) is 0 Å². The van der Waals surface area contributed by atoms with Gasteiger partial charge in [-0.3, -0.25) is 4.72 Å². The largest absolute Gasteiger partial charge is 0.493 e. The van der Waals surface area contributed by atoms with Crippen LogP contribution in [-0.2, 0) is 10.0 Å². The Bertz CT molecular complexity index is 966. The minimum Gasteiger partial charge on any atom is -0.493 e. The van der Waals surface area contributed by atoms with Gasteiger partial charge in [0.25, 0.3) is 10.0 Å². The zero-order valence-corrected chi connectivity index (χ0v) is 17.7. The first kappa shape index (κ1) is 19.9. The second kappa shape index (κ2) is 8.04. The molecule has 2 aromatic carbocycles. The lowest BCUT2D eigenvalue weighted by atomic mass is 10.3.